The van der Waals surface area contributed by atoms with Crippen molar-refractivity contribution >= 4 is 33.5 Å². The fourth-order valence-electron chi connectivity index (χ4n) is 3.30. The number of nitrogens with one attached hydrogen (secondary N) is 1. The Kier molecular flexibility index (Phi) is 5.95. The van der Waals surface area contributed by atoms with Crippen LogP contribution >= 0.6 is 11.3 Å². The number of aryl methyl sites for hydroxylation is 1. The molecule has 0 saturated heterocycles. The first-order chi connectivity index (χ1) is 15.1. The van der Waals surface area contributed by atoms with Gasteiger partial charge in [0.15, 0.2) is 0 Å². The van der Waals surface area contributed by atoms with Crippen LogP contribution in [0.1, 0.15) is 17.4 Å². The minimum atomic E-state index is -0.426. The summed E-state index contributed by atoms with van der Waals surface area (Å²) >= 11 is 1.47. The zero-order valence-electron chi connectivity index (χ0n) is 17.2. The van der Waals surface area contributed by atoms with Gasteiger partial charge in [0.2, 0.25) is 0 Å². The first-order valence-electron chi connectivity index (χ1n) is 9.85. The number of carbonyl (C=O) groups excluding carboxylic acids is 1. The number of fused-ring (bicyclic) bond motifs is 1. The van der Waals surface area contributed by atoms with Crippen LogP contribution in [0.15, 0.2) is 71.8 Å². The molecule has 2 aromatic heterocycles. The average Bonchev–Trinajstić information content (AvgIpc) is 3.13. The van der Waals surface area contributed by atoms with E-state index in [9.17, 15) is 9.59 Å². The fourth-order valence-corrected chi connectivity index (χ4v) is 4.31. The molecular weight excluding hydrogens is 410 g/mol. The van der Waals surface area contributed by atoms with Crippen molar-refractivity contribution in [2.24, 2.45) is 0 Å². The summed E-state index contributed by atoms with van der Waals surface area (Å²) in [5, 5.41) is 0.506. The summed E-state index contributed by atoms with van der Waals surface area (Å²) in [6, 6.07) is 17.1. The van der Waals surface area contributed by atoms with Crippen LogP contribution in [-0.2, 0) is 4.79 Å². The van der Waals surface area contributed by atoms with Gasteiger partial charge in [-0.15, -0.1) is 11.3 Å². The second kappa shape index (κ2) is 8.97. The molecule has 0 unspecified atom stereocenters. The Morgan fingerprint density at radius 2 is 1.90 bits per heavy atom. The molecule has 6 nitrogen and oxygen atoms in total. The van der Waals surface area contributed by atoms with Crippen molar-refractivity contribution in [2.45, 2.75) is 13.8 Å². The minimum Gasteiger partial charge on any atom is -0.494 e. The molecule has 0 saturated carbocycles. The molecule has 2 aromatic carbocycles. The first kappa shape index (κ1) is 20.6. The first-order valence-corrected chi connectivity index (χ1v) is 10.7. The summed E-state index contributed by atoms with van der Waals surface area (Å²) in [4.78, 5) is 31.5. The third-order valence-electron chi connectivity index (χ3n) is 4.70. The molecule has 31 heavy (non-hydrogen) atoms. The number of benzene rings is 2. The molecule has 2 heterocycles. The summed E-state index contributed by atoms with van der Waals surface area (Å²) in [6.07, 6.45) is 4.40. The molecule has 7 heteroatoms. The molecule has 4 aromatic rings. The summed E-state index contributed by atoms with van der Waals surface area (Å²) in [5.74, 6) is 0.348. The number of amides is 1. The third kappa shape index (κ3) is 4.41. The maximum Gasteiger partial charge on any atom is 0.281 e. The van der Waals surface area contributed by atoms with Crippen molar-refractivity contribution in [3.05, 3.63) is 87.8 Å². The zero-order valence-corrected chi connectivity index (χ0v) is 18.0. The Balaban J connectivity index is 1.59. The van der Waals surface area contributed by atoms with E-state index in [0.29, 0.717) is 16.8 Å². The van der Waals surface area contributed by atoms with Gasteiger partial charge in [-0.3, -0.25) is 15.0 Å². The predicted molar refractivity (Wildman–Crippen MR) is 125 cm³/mol. The standard InChI is InChI=1S/C24H21N3O3S/c1-3-30-19-12-9-17(10-13-19)11-14-20(28)26-27-15-25-23-22(24(27)29)21(16(2)31-23)18-7-5-4-6-8-18/h4-15H,3H2,1-2H3,(H,26,28)/b14-11+. The quantitative estimate of drug-likeness (QED) is 0.452. The Hall–Kier alpha value is -3.71. The van der Waals surface area contributed by atoms with Crippen LogP contribution in [0.3, 0.4) is 0 Å². The van der Waals surface area contributed by atoms with Gasteiger partial charge in [0.1, 0.15) is 16.9 Å². The van der Waals surface area contributed by atoms with E-state index in [0.717, 1.165) is 32.0 Å². The molecule has 0 aliphatic rings. The molecule has 4 rings (SSSR count). The SMILES string of the molecule is CCOc1ccc(/C=C/C(=O)Nn2cnc3sc(C)c(-c4ccccc4)c3c2=O)cc1. The van der Waals surface area contributed by atoms with Gasteiger partial charge in [-0.25, -0.2) is 9.66 Å². The van der Waals surface area contributed by atoms with E-state index >= 15 is 0 Å². The second-order valence-electron chi connectivity index (χ2n) is 6.81. The number of thiophene rings is 1. The highest BCUT2D eigenvalue weighted by molar-refractivity contribution is 7.19. The molecular formula is C24H21N3O3S. The molecule has 0 bridgehead atoms. The van der Waals surface area contributed by atoms with E-state index in [2.05, 4.69) is 10.4 Å². The van der Waals surface area contributed by atoms with Crippen molar-refractivity contribution in [3.8, 4) is 16.9 Å². The lowest BCUT2D eigenvalue weighted by Crippen LogP contribution is -2.32. The van der Waals surface area contributed by atoms with E-state index < -0.39 is 5.91 Å². The zero-order chi connectivity index (χ0) is 21.8. The maximum atomic E-state index is 13.1. The third-order valence-corrected chi connectivity index (χ3v) is 5.71. The van der Waals surface area contributed by atoms with Gasteiger partial charge in [-0.05, 0) is 43.2 Å². The Morgan fingerprint density at radius 1 is 1.16 bits per heavy atom. The Bertz CT molecular complexity index is 1310. The predicted octanol–water partition coefficient (Wildman–Crippen LogP) is 4.62. The van der Waals surface area contributed by atoms with Crippen molar-refractivity contribution in [2.75, 3.05) is 12.0 Å². The van der Waals surface area contributed by atoms with Crippen LogP contribution in [0.4, 0.5) is 0 Å². The summed E-state index contributed by atoms with van der Waals surface area (Å²) < 4.78 is 6.54. The number of aromatic nitrogens is 2. The van der Waals surface area contributed by atoms with Crippen molar-refractivity contribution in [1.82, 2.24) is 9.66 Å². The average molecular weight is 432 g/mol. The monoisotopic (exact) mass is 431 g/mol. The maximum absolute atomic E-state index is 13.1. The van der Waals surface area contributed by atoms with Crippen LogP contribution in [0.25, 0.3) is 27.4 Å². The van der Waals surface area contributed by atoms with Gasteiger partial charge in [0.25, 0.3) is 11.5 Å². The summed E-state index contributed by atoms with van der Waals surface area (Å²) in [7, 11) is 0. The number of ether oxygens (including phenoxy) is 1. The normalized spacial score (nSPS) is 11.2. The lowest BCUT2D eigenvalue weighted by atomic mass is 10.0. The lowest BCUT2D eigenvalue weighted by molar-refractivity contribution is -0.112. The highest BCUT2D eigenvalue weighted by Crippen LogP contribution is 2.35. The highest BCUT2D eigenvalue weighted by Gasteiger charge is 2.17. The molecule has 1 amide bonds. The highest BCUT2D eigenvalue weighted by atomic mass is 32.1. The molecule has 0 atom stereocenters. The smallest absolute Gasteiger partial charge is 0.281 e. The minimum absolute atomic E-state index is 0.309. The van der Waals surface area contributed by atoms with Crippen molar-refractivity contribution in [3.63, 3.8) is 0 Å². The van der Waals surface area contributed by atoms with Crippen LogP contribution in [-0.4, -0.2) is 22.2 Å². The van der Waals surface area contributed by atoms with E-state index in [1.807, 2.05) is 68.4 Å². The van der Waals surface area contributed by atoms with Gasteiger partial charge in [-0.1, -0.05) is 42.5 Å². The lowest BCUT2D eigenvalue weighted by Gasteiger charge is -2.07. The molecule has 0 radical (unpaired) electrons. The van der Waals surface area contributed by atoms with Gasteiger partial charge in [0.05, 0.1) is 12.0 Å². The Labute approximate surface area is 183 Å². The number of hydrogen-bond donors (Lipinski definition) is 1. The molecule has 0 spiro atoms. The van der Waals surface area contributed by atoms with Gasteiger partial charge in [-0.2, -0.15) is 0 Å². The van der Waals surface area contributed by atoms with Gasteiger partial charge >= 0.3 is 0 Å². The van der Waals surface area contributed by atoms with Crippen LogP contribution in [0.2, 0.25) is 0 Å². The summed E-state index contributed by atoms with van der Waals surface area (Å²) in [5.41, 5.74) is 4.93. The van der Waals surface area contributed by atoms with E-state index in [4.69, 9.17) is 4.74 Å². The fraction of sp³-hybridized carbons (Fsp3) is 0.125. The van der Waals surface area contributed by atoms with Gasteiger partial charge in [0, 0.05) is 16.5 Å². The molecule has 0 fully saturated rings. The molecule has 0 aliphatic heterocycles. The van der Waals surface area contributed by atoms with E-state index in [-0.39, 0.29) is 5.56 Å². The number of rotatable bonds is 6. The van der Waals surface area contributed by atoms with E-state index in [1.165, 1.54) is 23.7 Å². The summed E-state index contributed by atoms with van der Waals surface area (Å²) in [6.45, 7) is 4.49. The largest absolute Gasteiger partial charge is 0.494 e. The number of hydrogen-bond acceptors (Lipinski definition) is 5. The number of nitrogens with zero attached hydrogens (tertiary/aromatic N) is 2. The topological polar surface area (TPSA) is 73.2 Å². The number of carbonyl (C=O) groups is 1. The molecule has 156 valence electrons. The Morgan fingerprint density at radius 3 is 2.61 bits per heavy atom. The molecule has 1 N–H and O–H groups in total. The van der Waals surface area contributed by atoms with E-state index in [1.54, 1.807) is 6.08 Å². The second-order valence-corrected chi connectivity index (χ2v) is 8.01. The van der Waals surface area contributed by atoms with Gasteiger partial charge < -0.3 is 4.74 Å². The van der Waals surface area contributed by atoms with Crippen molar-refractivity contribution < 1.29 is 9.53 Å². The van der Waals surface area contributed by atoms with Crippen LogP contribution < -0.4 is 15.7 Å². The van der Waals surface area contributed by atoms with Crippen LogP contribution in [0.5, 0.6) is 5.75 Å². The van der Waals surface area contributed by atoms with Crippen LogP contribution in [0, 0.1) is 6.92 Å². The molecule has 0 aliphatic carbocycles. The van der Waals surface area contributed by atoms with Crippen molar-refractivity contribution in [1.29, 1.82) is 0 Å².